The standard InChI is InChI=1S/C15H22N2O2/c1-14(2,3)19-13(18)17-10-15(9-16,11-17)12-7-5-4-6-8-12/h4-8H,9-11,16H2,1-3H3. The molecule has 4 nitrogen and oxygen atoms in total. The summed E-state index contributed by atoms with van der Waals surface area (Å²) in [6.45, 7) is 7.41. The summed E-state index contributed by atoms with van der Waals surface area (Å²) >= 11 is 0. The number of benzene rings is 1. The fourth-order valence-corrected chi connectivity index (χ4v) is 2.36. The third-order valence-corrected chi connectivity index (χ3v) is 3.42. The van der Waals surface area contributed by atoms with Gasteiger partial charge in [-0.3, -0.25) is 0 Å². The van der Waals surface area contributed by atoms with Crippen molar-refractivity contribution in [2.24, 2.45) is 5.73 Å². The van der Waals surface area contributed by atoms with Crippen molar-refractivity contribution in [2.75, 3.05) is 19.6 Å². The lowest BCUT2D eigenvalue weighted by Gasteiger charge is -2.49. The van der Waals surface area contributed by atoms with Gasteiger partial charge in [0.15, 0.2) is 0 Å². The molecule has 0 aromatic heterocycles. The van der Waals surface area contributed by atoms with Gasteiger partial charge in [-0.2, -0.15) is 0 Å². The Bertz CT molecular complexity index is 445. The van der Waals surface area contributed by atoms with Gasteiger partial charge in [0.1, 0.15) is 5.60 Å². The maximum atomic E-state index is 11.9. The first-order valence-electron chi connectivity index (χ1n) is 6.60. The van der Waals surface area contributed by atoms with Crippen molar-refractivity contribution in [1.29, 1.82) is 0 Å². The van der Waals surface area contributed by atoms with E-state index in [4.69, 9.17) is 10.5 Å². The molecule has 1 aliphatic rings. The Morgan fingerprint density at radius 2 is 1.89 bits per heavy atom. The van der Waals surface area contributed by atoms with Crippen LogP contribution in [0.15, 0.2) is 30.3 Å². The fourth-order valence-electron chi connectivity index (χ4n) is 2.36. The molecule has 4 heteroatoms. The zero-order valence-corrected chi connectivity index (χ0v) is 11.8. The van der Waals surface area contributed by atoms with Gasteiger partial charge in [-0.1, -0.05) is 30.3 Å². The van der Waals surface area contributed by atoms with Crippen LogP contribution in [0, 0.1) is 0 Å². The summed E-state index contributed by atoms with van der Waals surface area (Å²) < 4.78 is 5.36. The van der Waals surface area contributed by atoms with E-state index >= 15 is 0 Å². The molecule has 2 N–H and O–H groups in total. The number of likely N-dealkylation sites (tertiary alicyclic amines) is 1. The molecule has 0 atom stereocenters. The molecular weight excluding hydrogens is 240 g/mol. The predicted molar refractivity (Wildman–Crippen MR) is 75.0 cm³/mol. The molecule has 1 aliphatic heterocycles. The monoisotopic (exact) mass is 262 g/mol. The van der Waals surface area contributed by atoms with Gasteiger partial charge in [-0.25, -0.2) is 4.79 Å². The first-order valence-corrected chi connectivity index (χ1v) is 6.60. The largest absolute Gasteiger partial charge is 0.444 e. The van der Waals surface area contributed by atoms with E-state index in [1.54, 1.807) is 4.90 Å². The summed E-state index contributed by atoms with van der Waals surface area (Å²) in [5.74, 6) is 0. The lowest BCUT2D eigenvalue weighted by atomic mass is 9.74. The Morgan fingerprint density at radius 3 is 2.37 bits per heavy atom. The third kappa shape index (κ3) is 2.89. The number of hydrogen-bond acceptors (Lipinski definition) is 3. The van der Waals surface area contributed by atoms with E-state index in [2.05, 4.69) is 12.1 Å². The van der Waals surface area contributed by atoms with Gasteiger partial charge in [-0.05, 0) is 26.3 Å². The van der Waals surface area contributed by atoms with Gasteiger partial charge < -0.3 is 15.4 Å². The van der Waals surface area contributed by atoms with Crippen molar-refractivity contribution in [3.63, 3.8) is 0 Å². The van der Waals surface area contributed by atoms with Gasteiger partial charge in [0.25, 0.3) is 0 Å². The second-order valence-corrected chi connectivity index (χ2v) is 6.19. The number of carbonyl (C=O) groups excluding carboxylic acids is 1. The number of nitrogens with two attached hydrogens (primary N) is 1. The van der Waals surface area contributed by atoms with Crippen molar-refractivity contribution >= 4 is 6.09 Å². The smallest absolute Gasteiger partial charge is 0.410 e. The Morgan fingerprint density at radius 1 is 1.32 bits per heavy atom. The maximum absolute atomic E-state index is 11.9. The molecule has 0 saturated carbocycles. The van der Waals surface area contributed by atoms with Crippen LogP contribution >= 0.6 is 0 Å². The minimum atomic E-state index is -0.454. The first-order chi connectivity index (χ1) is 8.86. The van der Waals surface area contributed by atoms with Crippen LogP contribution in [0.25, 0.3) is 0 Å². The number of carbonyl (C=O) groups is 1. The quantitative estimate of drug-likeness (QED) is 0.888. The zero-order chi connectivity index (χ0) is 14.1. The van der Waals surface area contributed by atoms with Crippen LogP contribution in [0.2, 0.25) is 0 Å². The second kappa shape index (κ2) is 4.85. The predicted octanol–water partition coefficient (Wildman–Crippen LogP) is 2.13. The Hall–Kier alpha value is -1.55. The highest BCUT2D eigenvalue weighted by atomic mass is 16.6. The Balaban J connectivity index is 2.02. The Kier molecular flexibility index (Phi) is 3.54. The number of amides is 1. The molecule has 0 spiro atoms. The highest BCUT2D eigenvalue weighted by Gasteiger charge is 2.46. The van der Waals surface area contributed by atoms with Gasteiger partial charge in [0.2, 0.25) is 0 Å². The summed E-state index contributed by atoms with van der Waals surface area (Å²) in [5.41, 5.74) is 6.54. The van der Waals surface area contributed by atoms with Crippen LogP contribution in [-0.4, -0.2) is 36.2 Å². The summed E-state index contributed by atoms with van der Waals surface area (Å²) in [6.07, 6.45) is -0.257. The van der Waals surface area contributed by atoms with E-state index in [-0.39, 0.29) is 11.5 Å². The van der Waals surface area contributed by atoms with E-state index in [1.807, 2.05) is 39.0 Å². The van der Waals surface area contributed by atoms with E-state index in [1.165, 1.54) is 5.56 Å². The summed E-state index contributed by atoms with van der Waals surface area (Å²) in [4.78, 5) is 13.7. The van der Waals surface area contributed by atoms with E-state index < -0.39 is 5.60 Å². The maximum Gasteiger partial charge on any atom is 0.410 e. The highest BCUT2D eigenvalue weighted by Crippen LogP contribution is 2.34. The molecule has 1 saturated heterocycles. The van der Waals surface area contributed by atoms with E-state index in [0.29, 0.717) is 19.6 Å². The normalized spacial score (nSPS) is 17.8. The minimum absolute atomic E-state index is 0.113. The molecule has 1 aromatic rings. The van der Waals surface area contributed by atoms with Crippen molar-refractivity contribution < 1.29 is 9.53 Å². The fraction of sp³-hybridized carbons (Fsp3) is 0.533. The van der Waals surface area contributed by atoms with Crippen LogP contribution in [0.5, 0.6) is 0 Å². The molecule has 1 amide bonds. The third-order valence-electron chi connectivity index (χ3n) is 3.42. The van der Waals surface area contributed by atoms with Crippen LogP contribution in [0.1, 0.15) is 26.3 Å². The lowest BCUT2D eigenvalue weighted by molar-refractivity contribution is -0.00824. The first kappa shape index (κ1) is 13.9. The number of ether oxygens (including phenoxy) is 1. The molecule has 0 unspecified atom stereocenters. The molecular formula is C15H22N2O2. The average Bonchev–Trinajstić information content (AvgIpc) is 2.27. The molecule has 0 aliphatic carbocycles. The molecule has 1 fully saturated rings. The van der Waals surface area contributed by atoms with Crippen LogP contribution in [-0.2, 0) is 10.2 Å². The van der Waals surface area contributed by atoms with Gasteiger partial charge in [-0.15, -0.1) is 0 Å². The number of hydrogen-bond donors (Lipinski definition) is 1. The van der Waals surface area contributed by atoms with Crippen LogP contribution in [0.4, 0.5) is 4.79 Å². The second-order valence-electron chi connectivity index (χ2n) is 6.19. The van der Waals surface area contributed by atoms with Gasteiger partial charge >= 0.3 is 6.09 Å². The Labute approximate surface area is 114 Å². The molecule has 1 heterocycles. The SMILES string of the molecule is CC(C)(C)OC(=O)N1CC(CN)(c2ccccc2)C1. The van der Waals surface area contributed by atoms with Gasteiger partial charge in [0, 0.05) is 25.0 Å². The summed E-state index contributed by atoms with van der Waals surface area (Å²) in [5, 5.41) is 0. The number of rotatable bonds is 2. The summed E-state index contributed by atoms with van der Waals surface area (Å²) in [7, 11) is 0. The van der Waals surface area contributed by atoms with Crippen molar-refractivity contribution in [1.82, 2.24) is 4.90 Å². The van der Waals surface area contributed by atoms with Crippen molar-refractivity contribution in [2.45, 2.75) is 31.8 Å². The number of nitrogens with zero attached hydrogens (tertiary/aromatic N) is 1. The van der Waals surface area contributed by atoms with Crippen LogP contribution < -0.4 is 5.73 Å². The van der Waals surface area contributed by atoms with Crippen LogP contribution in [0.3, 0.4) is 0 Å². The topological polar surface area (TPSA) is 55.6 Å². The lowest BCUT2D eigenvalue weighted by Crippen LogP contribution is -2.64. The zero-order valence-electron chi connectivity index (χ0n) is 11.8. The molecule has 0 bridgehead atoms. The van der Waals surface area contributed by atoms with E-state index in [0.717, 1.165) is 0 Å². The molecule has 0 radical (unpaired) electrons. The van der Waals surface area contributed by atoms with Crippen molar-refractivity contribution in [3.05, 3.63) is 35.9 Å². The molecule has 19 heavy (non-hydrogen) atoms. The minimum Gasteiger partial charge on any atom is -0.444 e. The van der Waals surface area contributed by atoms with E-state index in [9.17, 15) is 4.79 Å². The molecule has 104 valence electrons. The van der Waals surface area contributed by atoms with Crippen molar-refractivity contribution in [3.8, 4) is 0 Å². The average molecular weight is 262 g/mol. The van der Waals surface area contributed by atoms with Gasteiger partial charge in [0.05, 0.1) is 0 Å². The summed E-state index contributed by atoms with van der Waals surface area (Å²) in [6, 6.07) is 10.1. The highest BCUT2D eigenvalue weighted by molar-refractivity contribution is 5.70. The molecule has 1 aromatic carbocycles. The molecule has 2 rings (SSSR count).